The molecule has 1 aliphatic carbocycles. The summed E-state index contributed by atoms with van der Waals surface area (Å²) in [6, 6.07) is 4.18. The van der Waals surface area contributed by atoms with Gasteiger partial charge in [0.25, 0.3) is 0 Å². The van der Waals surface area contributed by atoms with Gasteiger partial charge in [0.15, 0.2) is 0 Å². The molecule has 6 heteroatoms. The number of carbonyl (C=O) groups excluding carboxylic acids is 2. The van der Waals surface area contributed by atoms with Gasteiger partial charge in [-0.3, -0.25) is 10.1 Å². The van der Waals surface area contributed by atoms with Gasteiger partial charge in [-0.2, -0.15) is 0 Å². The van der Waals surface area contributed by atoms with Gasteiger partial charge in [0.05, 0.1) is 0 Å². The SMILES string of the molecule is CC(=O)OC1CCCC(c2cc(NC(=O)OC(C)(C)C)cc3c2CCN(C)C3)C1. The Kier molecular flexibility index (Phi) is 6.52. The molecule has 160 valence electrons. The number of nitrogens with zero attached hydrogens (tertiary/aromatic N) is 1. The summed E-state index contributed by atoms with van der Waals surface area (Å²) in [5, 5.41) is 2.92. The van der Waals surface area contributed by atoms with Crippen LogP contribution in [0.15, 0.2) is 12.1 Å². The molecule has 1 amide bonds. The van der Waals surface area contributed by atoms with Gasteiger partial charge < -0.3 is 14.4 Å². The van der Waals surface area contributed by atoms with E-state index >= 15 is 0 Å². The number of nitrogens with one attached hydrogen (secondary N) is 1. The molecule has 6 nitrogen and oxygen atoms in total. The van der Waals surface area contributed by atoms with Gasteiger partial charge in [-0.05, 0) is 94.7 Å². The number of ether oxygens (including phenoxy) is 2. The summed E-state index contributed by atoms with van der Waals surface area (Å²) < 4.78 is 11.0. The minimum atomic E-state index is -0.540. The largest absolute Gasteiger partial charge is 0.463 e. The van der Waals surface area contributed by atoms with E-state index in [4.69, 9.17) is 9.47 Å². The molecule has 1 fully saturated rings. The van der Waals surface area contributed by atoms with Crippen LogP contribution in [0.1, 0.15) is 76.0 Å². The van der Waals surface area contributed by atoms with E-state index in [0.717, 1.165) is 50.9 Å². The van der Waals surface area contributed by atoms with Crippen LogP contribution in [0.25, 0.3) is 0 Å². The Morgan fingerprint density at radius 2 is 1.97 bits per heavy atom. The van der Waals surface area contributed by atoms with Crippen LogP contribution in [0, 0.1) is 0 Å². The number of anilines is 1. The van der Waals surface area contributed by atoms with Crippen molar-refractivity contribution in [2.24, 2.45) is 0 Å². The van der Waals surface area contributed by atoms with Gasteiger partial charge in [-0.15, -0.1) is 0 Å². The van der Waals surface area contributed by atoms with Crippen LogP contribution in [0.5, 0.6) is 0 Å². The van der Waals surface area contributed by atoms with Crippen molar-refractivity contribution >= 4 is 17.7 Å². The zero-order valence-electron chi connectivity index (χ0n) is 18.3. The van der Waals surface area contributed by atoms with E-state index < -0.39 is 11.7 Å². The van der Waals surface area contributed by atoms with E-state index in [1.807, 2.05) is 20.8 Å². The first-order valence-corrected chi connectivity index (χ1v) is 10.6. The first-order chi connectivity index (χ1) is 13.6. The predicted octanol–water partition coefficient (Wildman–Crippen LogP) is 4.61. The fourth-order valence-corrected chi connectivity index (χ4v) is 4.50. The Hall–Kier alpha value is -2.08. The quantitative estimate of drug-likeness (QED) is 0.748. The Balaban J connectivity index is 1.87. The van der Waals surface area contributed by atoms with E-state index in [1.165, 1.54) is 23.6 Å². The van der Waals surface area contributed by atoms with Crippen molar-refractivity contribution in [1.82, 2.24) is 4.90 Å². The van der Waals surface area contributed by atoms with Crippen LogP contribution in [0.3, 0.4) is 0 Å². The Labute approximate surface area is 173 Å². The highest BCUT2D eigenvalue weighted by Gasteiger charge is 2.29. The summed E-state index contributed by atoms with van der Waals surface area (Å²) in [5.41, 5.74) is 4.18. The van der Waals surface area contributed by atoms with Gasteiger partial charge in [0.1, 0.15) is 11.7 Å². The van der Waals surface area contributed by atoms with Crippen molar-refractivity contribution in [3.8, 4) is 0 Å². The van der Waals surface area contributed by atoms with Crippen molar-refractivity contribution in [1.29, 1.82) is 0 Å². The Morgan fingerprint density at radius 1 is 1.21 bits per heavy atom. The van der Waals surface area contributed by atoms with Gasteiger partial charge in [0.2, 0.25) is 0 Å². The lowest BCUT2D eigenvalue weighted by Gasteiger charge is -2.34. The lowest BCUT2D eigenvalue weighted by Crippen LogP contribution is -2.30. The topological polar surface area (TPSA) is 67.9 Å². The average molecular weight is 403 g/mol. The molecule has 1 aromatic rings. The fourth-order valence-electron chi connectivity index (χ4n) is 4.50. The van der Waals surface area contributed by atoms with Crippen LogP contribution >= 0.6 is 0 Å². The van der Waals surface area contributed by atoms with E-state index in [9.17, 15) is 9.59 Å². The fraction of sp³-hybridized carbons (Fsp3) is 0.652. The summed E-state index contributed by atoms with van der Waals surface area (Å²) in [6.07, 6.45) is 4.44. The summed E-state index contributed by atoms with van der Waals surface area (Å²) >= 11 is 0. The third kappa shape index (κ3) is 5.95. The van der Waals surface area contributed by atoms with E-state index in [2.05, 4.69) is 29.4 Å². The second-order valence-electron chi connectivity index (χ2n) is 9.41. The van der Waals surface area contributed by atoms with E-state index in [-0.39, 0.29) is 12.1 Å². The molecule has 2 unspecified atom stereocenters. The maximum Gasteiger partial charge on any atom is 0.412 e. The van der Waals surface area contributed by atoms with Gasteiger partial charge >= 0.3 is 12.1 Å². The summed E-state index contributed by atoms with van der Waals surface area (Å²) in [6.45, 7) is 8.95. The number of likely N-dealkylation sites (N-methyl/N-ethyl adjacent to an activating group) is 1. The number of hydrogen-bond donors (Lipinski definition) is 1. The monoisotopic (exact) mass is 402 g/mol. The van der Waals surface area contributed by atoms with Crippen molar-refractivity contribution in [2.75, 3.05) is 18.9 Å². The predicted molar refractivity (Wildman–Crippen MR) is 113 cm³/mol. The third-order valence-electron chi connectivity index (χ3n) is 5.60. The Morgan fingerprint density at radius 3 is 2.66 bits per heavy atom. The summed E-state index contributed by atoms with van der Waals surface area (Å²) in [7, 11) is 2.12. The maximum absolute atomic E-state index is 12.3. The molecule has 2 atom stereocenters. The number of hydrogen-bond acceptors (Lipinski definition) is 5. The lowest BCUT2D eigenvalue weighted by molar-refractivity contribution is -0.147. The first kappa shape index (κ1) is 21.6. The second kappa shape index (κ2) is 8.74. The number of rotatable bonds is 3. The van der Waals surface area contributed by atoms with Gasteiger partial charge in [0, 0.05) is 25.7 Å². The smallest absolute Gasteiger partial charge is 0.412 e. The number of carbonyl (C=O) groups is 2. The molecule has 1 N–H and O–H groups in total. The summed E-state index contributed by atoms with van der Waals surface area (Å²) in [5.74, 6) is 0.130. The highest BCUT2D eigenvalue weighted by atomic mass is 16.6. The number of fused-ring (bicyclic) bond motifs is 1. The molecular weight excluding hydrogens is 368 g/mol. The first-order valence-electron chi connectivity index (χ1n) is 10.6. The van der Waals surface area contributed by atoms with Crippen LogP contribution in [0.4, 0.5) is 10.5 Å². The molecule has 2 aliphatic rings. The molecule has 3 rings (SSSR count). The van der Waals surface area contributed by atoms with Crippen molar-refractivity contribution in [2.45, 2.75) is 84.0 Å². The molecule has 29 heavy (non-hydrogen) atoms. The molecule has 0 spiro atoms. The van der Waals surface area contributed by atoms with Crippen molar-refractivity contribution in [3.63, 3.8) is 0 Å². The van der Waals surface area contributed by atoms with E-state index in [0.29, 0.717) is 5.92 Å². The minimum absolute atomic E-state index is 0.0179. The molecule has 1 aromatic carbocycles. The van der Waals surface area contributed by atoms with Crippen LogP contribution in [-0.2, 0) is 27.2 Å². The molecular formula is C23H34N2O4. The average Bonchev–Trinajstić information content (AvgIpc) is 2.58. The Bertz CT molecular complexity index is 769. The maximum atomic E-state index is 12.3. The highest BCUT2D eigenvalue weighted by Crippen LogP contribution is 2.39. The normalized spacial score (nSPS) is 22.5. The summed E-state index contributed by atoms with van der Waals surface area (Å²) in [4.78, 5) is 26.0. The lowest BCUT2D eigenvalue weighted by atomic mass is 9.78. The zero-order valence-corrected chi connectivity index (χ0v) is 18.3. The second-order valence-corrected chi connectivity index (χ2v) is 9.41. The number of benzene rings is 1. The molecule has 1 saturated carbocycles. The van der Waals surface area contributed by atoms with Crippen molar-refractivity contribution < 1.29 is 19.1 Å². The van der Waals surface area contributed by atoms with Crippen LogP contribution in [-0.4, -0.2) is 42.3 Å². The molecule has 0 aromatic heterocycles. The van der Waals surface area contributed by atoms with E-state index in [1.54, 1.807) is 0 Å². The van der Waals surface area contributed by atoms with Crippen molar-refractivity contribution in [3.05, 3.63) is 28.8 Å². The number of esters is 1. The standard InChI is InChI=1S/C23H34N2O4/c1-15(26)28-19-8-6-7-16(12-19)21-13-18(24-22(27)29-23(2,3)4)11-17-14-25(5)10-9-20(17)21/h11,13,16,19H,6-10,12,14H2,1-5H3,(H,24,27). The molecule has 0 bridgehead atoms. The third-order valence-corrected chi connectivity index (χ3v) is 5.60. The minimum Gasteiger partial charge on any atom is -0.463 e. The molecule has 0 radical (unpaired) electrons. The van der Waals surface area contributed by atoms with Crippen LogP contribution in [0.2, 0.25) is 0 Å². The van der Waals surface area contributed by atoms with Crippen LogP contribution < -0.4 is 5.32 Å². The molecule has 1 aliphatic heterocycles. The van der Waals surface area contributed by atoms with Gasteiger partial charge in [-0.25, -0.2) is 4.79 Å². The van der Waals surface area contributed by atoms with Gasteiger partial charge in [-0.1, -0.05) is 0 Å². The highest BCUT2D eigenvalue weighted by molar-refractivity contribution is 5.85. The number of amides is 1. The zero-order chi connectivity index (χ0) is 21.2. The molecule has 1 heterocycles. The molecule has 0 saturated heterocycles.